The number of benzene rings is 2. The van der Waals surface area contributed by atoms with Gasteiger partial charge in [-0.05, 0) is 42.0 Å². The van der Waals surface area contributed by atoms with E-state index in [0.717, 1.165) is 17.4 Å². The van der Waals surface area contributed by atoms with Gasteiger partial charge in [-0.3, -0.25) is 9.52 Å². The van der Waals surface area contributed by atoms with Crippen LogP contribution >= 0.6 is 0 Å². The molecule has 138 valence electrons. The fourth-order valence-corrected chi connectivity index (χ4v) is 3.63. The molecule has 8 heteroatoms. The Morgan fingerprint density at radius 2 is 1.89 bits per heavy atom. The monoisotopic (exact) mass is 386 g/mol. The van der Waals surface area contributed by atoms with Gasteiger partial charge >= 0.3 is 0 Å². The molecule has 0 spiro atoms. The van der Waals surface area contributed by atoms with Crippen LogP contribution in [0.2, 0.25) is 0 Å². The third-order valence-electron chi connectivity index (χ3n) is 4.22. The number of ether oxygens (including phenoxy) is 1. The number of nitrogens with one attached hydrogen (secondary N) is 2. The average Bonchev–Trinajstić information content (AvgIpc) is 3.17. The molecule has 0 aliphatic carbocycles. The number of amides is 1. The van der Waals surface area contributed by atoms with Gasteiger partial charge < -0.3 is 10.1 Å². The molecule has 2 aromatic carbocycles. The first-order valence-electron chi connectivity index (χ1n) is 8.07. The second-order valence-electron chi connectivity index (χ2n) is 6.29. The minimum Gasteiger partial charge on any atom is -0.488 e. The number of hydrogen-bond acceptors (Lipinski definition) is 4. The van der Waals surface area contributed by atoms with E-state index in [0.29, 0.717) is 28.3 Å². The van der Waals surface area contributed by atoms with Crippen LogP contribution in [-0.2, 0) is 19.6 Å². The molecule has 27 heavy (non-hydrogen) atoms. The molecule has 2 aliphatic rings. The van der Waals surface area contributed by atoms with Crippen molar-refractivity contribution in [3.05, 3.63) is 71.2 Å². The molecule has 0 fully saturated rings. The molecule has 0 radical (unpaired) electrons. The summed E-state index contributed by atoms with van der Waals surface area (Å²) in [6.45, 7) is 0.279. The van der Waals surface area contributed by atoms with Crippen LogP contribution in [0.15, 0.2) is 54.3 Å². The first-order chi connectivity index (χ1) is 12.8. The third kappa shape index (κ3) is 3.43. The highest BCUT2D eigenvalue weighted by molar-refractivity contribution is 7.92. The van der Waals surface area contributed by atoms with E-state index in [4.69, 9.17) is 4.74 Å². The van der Waals surface area contributed by atoms with Crippen LogP contribution in [0.5, 0.6) is 0 Å². The van der Waals surface area contributed by atoms with Crippen molar-refractivity contribution in [2.45, 2.75) is 0 Å². The summed E-state index contributed by atoms with van der Waals surface area (Å²) >= 11 is 0. The zero-order chi connectivity index (χ0) is 19.2. The molecule has 2 N–H and O–H groups in total. The van der Waals surface area contributed by atoms with Crippen LogP contribution in [0.3, 0.4) is 0 Å². The second-order valence-corrected chi connectivity index (χ2v) is 8.04. The summed E-state index contributed by atoms with van der Waals surface area (Å²) in [4.78, 5) is 12.3. The Balaban J connectivity index is 1.66. The maximum Gasteiger partial charge on any atom is 0.260 e. The Morgan fingerprint density at radius 3 is 2.59 bits per heavy atom. The fourth-order valence-electron chi connectivity index (χ4n) is 3.06. The highest BCUT2D eigenvalue weighted by atomic mass is 32.2. The lowest BCUT2D eigenvalue weighted by Crippen LogP contribution is -2.09. The number of allylic oxidation sites excluding steroid dienone is 1. The quantitative estimate of drug-likeness (QED) is 0.795. The Morgan fingerprint density at radius 1 is 1.15 bits per heavy atom. The van der Waals surface area contributed by atoms with Crippen molar-refractivity contribution >= 4 is 38.5 Å². The van der Waals surface area contributed by atoms with Gasteiger partial charge in [-0.15, -0.1) is 0 Å². The number of sulfonamides is 1. The van der Waals surface area contributed by atoms with E-state index in [9.17, 15) is 17.6 Å². The van der Waals surface area contributed by atoms with Crippen molar-refractivity contribution in [1.82, 2.24) is 0 Å². The molecule has 4 rings (SSSR count). The van der Waals surface area contributed by atoms with Crippen molar-refractivity contribution in [3.63, 3.8) is 0 Å². The van der Waals surface area contributed by atoms with Crippen LogP contribution in [-0.4, -0.2) is 27.2 Å². The first-order valence-corrected chi connectivity index (χ1v) is 9.96. The summed E-state index contributed by atoms with van der Waals surface area (Å²) in [5, 5.41) is 2.64. The molecule has 6 nitrogen and oxygen atoms in total. The Hall–Kier alpha value is -3.13. The molecule has 0 saturated carbocycles. The van der Waals surface area contributed by atoms with Crippen LogP contribution in [0.4, 0.5) is 15.8 Å². The fraction of sp³-hybridized carbons (Fsp3) is 0.105. The Kier molecular flexibility index (Phi) is 4.00. The van der Waals surface area contributed by atoms with Crippen LogP contribution < -0.4 is 10.0 Å². The average molecular weight is 386 g/mol. The number of carbonyl (C=O) groups excluding carboxylic acids is 1. The summed E-state index contributed by atoms with van der Waals surface area (Å²) < 4.78 is 44.0. The number of rotatable bonds is 3. The predicted molar refractivity (Wildman–Crippen MR) is 101 cm³/mol. The van der Waals surface area contributed by atoms with Crippen LogP contribution in [0.25, 0.3) is 11.1 Å². The van der Waals surface area contributed by atoms with Gasteiger partial charge in [-0.25, -0.2) is 12.8 Å². The summed E-state index contributed by atoms with van der Waals surface area (Å²) in [7, 11) is -3.33. The Bertz CT molecular complexity index is 1120. The summed E-state index contributed by atoms with van der Waals surface area (Å²) in [6.07, 6.45) is 2.86. The topological polar surface area (TPSA) is 84.5 Å². The highest BCUT2D eigenvalue weighted by Gasteiger charge is 2.30. The first kappa shape index (κ1) is 17.3. The second kappa shape index (κ2) is 6.24. The summed E-state index contributed by atoms with van der Waals surface area (Å²) in [5.41, 5.74) is 3.56. The lowest BCUT2D eigenvalue weighted by Gasteiger charge is -2.05. The van der Waals surface area contributed by atoms with E-state index in [1.807, 2.05) is 0 Å². The van der Waals surface area contributed by atoms with Gasteiger partial charge in [-0.2, -0.15) is 0 Å². The van der Waals surface area contributed by atoms with Crippen LogP contribution in [0.1, 0.15) is 11.1 Å². The summed E-state index contributed by atoms with van der Waals surface area (Å²) in [5.74, 6) is -0.339. The molecule has 2 heterocycles. The molecule has 2 aromatic rings. The zero-order valence-corrected chi connectivity index (χ0v) is 15.1. The van der Waals surface area contributed by atoms with Gasteiger partial charge in [0.1, 0.15) is 18.2 Å². The van der Waals surface area contributed by atoms with E-state index in [2.05, 4.69) is 10.0 Å². The molecule has 0 aromatic heterocycles. The lowest BCUT2D eigenvalue weighted by molar-refractivity contribution is -0.110. The van der Waals surface area contributed by atoms with E-state index >= 15 is 0 Å². The largest absolute Gasteiger partial charge is 0.488 e. The molecule has 0 saturated heterocycles. The number of fused-ring (bicyclic) bond motifs is 1. The molecule has 2 aliphatic heterocycles. The van der Waals surface area contributed by atoms with Crippen LogP contribution in [0, 0.1) is 5.82 Å². The van der Waals surface area contributed by atoms with Gasteiger partial charge in [0, 0.05) is 16.8 Å². The summed E-state index contributed by atoms with van der Waals surface area (Å²) in [6, 6.07) is 11.0. The smallest absolute Gasteiger partial charge is 0.260 e. The number of halogens is 1. The number of hydrogen-bond donors (Lipinski definition) is 2. The predicted octanol–water partition coefficient (Wildman–Crippen LogP) is 2.97. The standard InChI is InChI=1S/C19H15FN2O4S/c1-27(24,25)22-14-5-2-11(3-6-14)12-8-17(26-10-12)18-15-7-4-13(20)9-16(15)21-19(18)23/h2-9,22H,10H2,1H3,(H,21,23)/b18-17+. The van der Waals surface area contributed by atoms with Crippen molar-refractivity contribution in [1.29, 1.82) is 0 Å². The van der Waals surface area contributed by atoms with Gasteiger partial charge in [0.05, 0.1) is 17.5 Å². The van der Waals surface area contributed by atoms with E-state index in [1.165, 1.54) is 12.1 Å². The maximum absolute atomic E-state index is 13.4. The minimum absolute atomic E-state index is 0.279. The number of carbonyl (C=O) groups is 1. The minimum atomic E-state index is -3.33. The molecule has 0 unspecified atom stereocenters. The number of anilines is 2. The molecular weight excluding hydrogens is 371 g/mol. The SMILES string of the molecule is CS(=O)(=O)Nc1ccc(C2=C/C(=C3\C(=O)Nc4cc(F)ccc43)OC2)cc1. The molecular formula is C19H15FN2O4S. The van der Waals surface area contributed by atoms with E-state index < -0.39 is 15.8 Å². The normalized spacial score (nSPS) is 18.6. The lowest BCUT2D eigenvalue weighted by atomic mass is 10.0. The van der Waals surface area contributed by atoms with Crippen molar-refractivity contribution in [2.75, 3.05) is 22.9 Å². The Labute approximate surface area is 155 Å². The maximum atomic E-state index is 13.4. The van der Waals surface area contributed by atoms with Crippen molar-refractivity contribution < 1.29 is 22.3 Å². The van der Waals surface area contributed by atoms with Crippen molar-refractivity contribution in [3.8, 4) is 0 Å². The molecule has 0 bridgehead atoms. The van der Waals surface area contributed by atoms with Gasteiger partial charge in [0.2, 0.25) is 10.0 Å². The third-order valence-corrected chi connectivity index (χ3v) is 4.83. The van der Waals surface area contributed by atoms with Gasteiger partial charge in [0.25, 0.3) is 5.91 Å². The highest BCUT2D eigenvalue weighted by Crippen LogP contribution is 2.38. The van der Waals surface area contributed by atoms with Crippen molar-refractivity contribution in [2.24, 2.45) is 0 Å². The molecule has 0 atom stereocenters. The zero-order valence-electron chi connectivity index (χ0n) is 14.2. The van der Waals surface area contributed by atoms with E-state index in [-0.39, 0.29) is 12.5 Å². The van der Waals surface area contributed by atoms with E-state index in [1.54, 1.807) is 36.4 Å². The van der Waals surface area contributed by atoms with Gasteiger partial charge in [0.15, 0.2) is 0 Å². The van der Waals surface area contributed by atoms with Gasteiger partial charge in [-0.1, -0.05) is 12.1 Å². The molecule has 1 amide bonds.